The second kappa shape index (κ2) is 7.47. The normalized spacial score (nSPS) is 19.6. The molecular weight excluding hydrogens is 350 g/mol. The van der Waals surface area contributed by atoms with Crippen LogP contribution in [0.3, 0.4) is 0 Å². The van der Waals surface area contributed by atoms with E-state index in [2.05, 4.69) is 27.7 Å². The van der Waals surface area contributed by atoms with Gasteiger partial charge in [-0.25, -0.2) is 0 Å². The molecule has 4 rings (SSSR count). The lowest BCUT2D eigenvalue weighted by Gasteiger charge is -2.18. The third-order valence-electron chi connectivity index (χ3n) is 4.86. The van der Waals surface area contributed by atoms with Gasteiger partial charge < -0.3 is 18.9 Å². The Bertz CT molecular complexity index is 863. The smallest absolute Gasteiger partial charge is 0.282 e. The van der Waals surface area contributed by atoms with E-state index in [1.807, 2.05) is 29.5 Å². The fourth-order valence-electron chi connectivity index (χ4n) is 3.57. The molecule has 0 radical (unpaired) electrons. The second-order valence-corrected chi connectivity index (χ2v) is 7.36. The summed E-state index contributed by atoms with van der Waals surface area (Å²) in [7, 11) is 3.23. The summed E-state index contributed by atoms with van der Waals surface area (Å²) in [6, 6.07) is 10.5. The summed E-state index contributed by atoms with van der Waals surface area (Å²) < 4.78 is 16.2. The van der Waals surface area contributed by atoms with Crippen LogP contribution in [0.2, 0.25) is 0 Å². The van der Waals surface area contributed by atoms with Crippen LogP contribution in [0.15, 0.2) is 40.2 Å². The number of nitrogens with zero attached hydrogens (tertiary/aromatic N) is 2. The molecule has 0 saturated carbocycles. The molecule has 0 spiro atoms. The van der Waals surface area contributed by atoms with Crippen LogP contribution in [0, 0.1) is 0 Å². The molecule has 1 aromatic carbocycles. The summed E-state index contributed by atoms with van der Waals surface area (Å²) in [4.78, 5) is 7.54. The van der Waals surface area contributed by atoms with E-state index in [-0.39, 0.29) is 0 Å². The average molecular weight is 372 g/mol. The highest BCUT2D eigenvalue weighted by atomic mass is 32.1. The maximum Gasteiger partial charge on any atom is 0.282 e. The topological polar surface area (TPSA) is 61.8 Å². The van der Waals surface area contributed by atoms with Crippen LogP contribution in [0.5, 0.6) is 11.5 Å². The second-order valence-electron chi connectivity index (χ2n) is 6.38. The van der Waals surface area contributed by atoms with Gasteiger partial charge in [-0.15, -0.1) is 11.3 Å². The zero-order chi connectivity index (χ0) is 17.9. The molecule has 1 fully saturated rings. The lowest BCUT2D eigenvalue weighted by atomic mass is 10.2. The Morgan fingerprint density at radius 3 is 2.88 bits per heavy atom. The molecule has 1 unspecified atom stereocenters. The lowest BCUT2D eigenvalue weighted by Crippen LogP contribution is -3.08. The molecule has 26 heavy (non-hydrogen) atoms. The Balaban J connectivity index is 1.51. The predicted octanol–water partition coefficient (Wildman–Crippen LogP) is 2.74. The van der Waals surface area contributed by atoms with Gasteiger partial charge in [0, 0.05) is 18.4 Å². The highest BCUT2D eigenvalue weighted by molar-refractivity contribution is 7.10. The molecule has 1 saturated heterocycles. The molecule has 0 amide bonds. The summed E-state index contributed by atoms with van der Waals surface area (Å²) in [6.45, 7) is 1.89. The van der Waals surface area contributed by atoms with Gasteiger partial charge in [0.05, 0.1) is 25.6 Å². The van der Waals surface area contributed by atoms with E-state index >= 15 is 0 Å². The van der Waals surface area contributed by atoms with Crippen LogP contribution >= 0.6 is 11.3 Å². The molecule has 3 aromatic rings. The molecule has 2 atom stereocenters. The minimum Gasteiger partial charge on any atom is -0.493 e. The van der Waals surface area contributed by atoms with Crippen molar-refractivity contribution in [1.82, 2.24) is 10.1 Å². The van der Waals surface area contributed by atoms with E-state index < -0.39 is 0 Å². The van der Waals surface area contributed by atoms with Crippen molar-refractivity contribution in [3.63, 3.8) is 0 Å². The molecule has 3 heterocycles. The van der Waals surface area contributed by atoms with Gasteiger partial charge in [0.15, 0.2) is 18.0 Å². The summed E-state index contributed by atoms with van der Waals surface area (Å²) in [5.41, 5.74) is 0.851. The van der Waals surface area contributed by atoms with Crippen molar-refractivity contribution < 1.29 is 18.9 Å². The number of ether oxygens (including phenoxy) is 2. The monoisotopic (exact) mass is 372 g/mol. The van der Waals surface area contributed by atoms with Gasteiger partial charge in [-0.05, 0) is 29.6 Å². The zero-order valence-corrected chi connectivity index (χ0v) is 15.7. The van der Waals surface area contributed by atoms with Crippen LogP contribution in [0.25, 0.3) is 11.4 Å². The van der Waals surface area contributed by atoms with Crippen LogP contribution in [-0.2, 0) is 6.54 Å². The average Bonchev–Trinajstić information content (AvgIpc) is 3.42. The maximum atomic E-state index is 5.53. The van der Waals surface area contributed by atoms with Crippen LogP contribution in [0.1, 0.15) is 29.7 Å². The number of aromatic nitrogens is 2. The number of hydrogen-bond donors (Lipinski definition) is 1. The van der Waals surface area contributed by atoms with Gasteiger partial charge in [-0.1, -0.05) is 11.2 Å². The lowest BCUT2D eigenvalue weighted by molar-refractivity contribution is -0.932. The van der Waals surface area contributed by atoms with Crippen molar-refractivity contribution in [2.45, 2.75) is 25.4 Å². The number of benzene rings is 1. The van der Waals surface area contributed by atoms with Crippen molar-refractivity contribution in [3.05, 3.63) is 46.5 Å². The molecule has 6 nitrogen and oxygen atoms in total. The van der Waals surface area contributed by atoms with E-state index in [1.165, 1.54) is 22.6 Å². The highest BCUT2D eigenvalue weighted by Crippen LogP contribution is 2.31. The van der Waals surface area contributed by atoms with E-state index in [0.717, 1.165) is 18.7 Å². The Labute approximate surface area is 156 Å². The van der Waals surface area contributed by atoms with Gasteiger partial charge >= 0.3 is 0 Å². The number of rotatable bonds is 6. The molecule has 0 bridgehead atoms. The number of nitrogens with one attached hydrogen (secondary N) is 1. The Morgan fingerprint density at radius 2 is 2.12 bits per heavy atom. The van der Waals surface area contributed by atoms with Crippen molar-refractivity contribution in [2.24, 2.45) is 0 Å². The maximum absolute atomic E-state index is 5.53. The summed E-state index contributed by atoms with van der Waals surface area (Å²) >= 11 is 1.83. The number of likely N-dealkylation sites (tertiary alicyclic amines) is 1. The first kappa shape index (κ1) is 17.1. The van der Waals surface area contributed by atoms with E-state index in [4.69, 9.17) is 14.0 Å². The zero-order valence-electron chi connectivity index (χ0n) is 14.9. The van der Waals surface area contributed by atoms with Crippen molar-refractivity contribution >= 4 is 11.3 Å². The Morgan fingerprint density at radius 1 is 1.23 bits per heavy atom. The fourth-order valence-corrected chi connectivity index (χ4v) is 4.49. The minimum atomic E-state index is 0.534. The first-order valence-electron chi connectivity index (χ1n) is 8.71. The fraction of sp³-hybridized carbons (Fsp3) is 0.368. The third kappa shape index (κ3) is 3.32. The quantitative estimate of drug-likeness (QED) is 0.721. The van der Waals surface area contributed by atoms with Crippen LogP contribution in [-0.4, -0.2) is 30.9 Å². The number of methoxy groups -OCH3 is 2. The largest absolute Gasteiger partial charge is 0.493 e. The summed E-state index contributed by atoms with van der Waals surface area (Å²) in [5.74, 6) is 2.58. The van der Waals surface area contributed by atoms with Gasteiger partial charge in [0.25, 0.3) is 5.89 Å². The van der Waals surface area contributed by atoms with Crippen molar-refractivity contribution in [1.29, 1.82) is 0 Å². The molecule has 7 heteroatoms. The molecule has 1 aliphatic heterocycles. The van der Waals surface area contributed by atoms with Gasteiger partial charge in [-0.2, -0.15) is 4.98 Å². The van der Waals surface area contributed by atoms with Crippen LogP contribution in [0.4, 0.5) is 0 Å². The molecular formula is C19H22N3O3S+. The predicted molar refractivity (Wildman–Crippen MR) is 98.7 cm³/mol. The van der Waals surface area contributed by atoms with Crippen molar-refractivity contribution in [3.8, 4) is 22.9 Å². The van der Waals surface area contributed by atoms with E-state index in [9.17, 15) is 0 Å². The van der Waals surface area contributed by atoms with Crippen molar-refractivity contribution in [2.75, 3.05) is 20.8 Å². The standard InChI is InChI=1S/C19H21N3O3S/c1-23-15-8-7-13(11-16(15)24-2)19-20-18(25-21-19)12-22-9-3-5-14(22)17-6-4-10-26-17/h4,6-8,10-11,14H,3,5,9,12H2,1-2H3/p+1/t14-/m1/s1. The SMILES string of the molecule is COc1ccc(-c2noc(C[NH+]3CCC[C@@H]3c3cccs3)n2)cc1OC. The molecule has 2 aromatic heterocycles. The number of hydrogen-bond acceptors (Lipinski definition) is 6. The number of thiophene rings is 1. The Kier molecular flexibility index (Phi) is 4.90. The first-order chi connectivity index (χ1) is 12.8. The van der Waals surface area contributed by atoms with E-state index in [1.54, 1.807) is 14.2 Å². The first-order valence-corrected chi connectivity index (χ1v) is 9.59. The van der Waals surface area contributed by atoms with Gasteiger partial charge in [0.2, 0.25) is 5.82 Å². The Hall–Kier alpha value is -2.38. The van der Waals surface area contributed by atoms with Gasteiger partial charge in [0.1, 0.15) is 6.04 Å². The number of quaternary nitrogens is 1. The van der Waals surface area contributed by atoms with E-state index in [0.29, 0.717) is 29.3 Å². The van der Waals surface area contributed by atoms with Gasteiger partial charge in [-0.3, -0.25) is 0 Å². The highest BCUT2D eigenvalue weighted by Gasteiger charge is 2.32. The van der Waals surface area contributed by atoms with Crippen LogP contribution < -0.4 is 14.4 Å². The summed E-state index contributed by atoms with van der Waals surface area (Å²) in [6.07, 6.45) is 2.45. The molecule has 1 N–H and O–H groups in total. The molecule has 136 valence electrons. The third-order valence-corrected chi connectivity index (χ3v) is 5.84. The minimum absolute atomic E-state index is 0.534. The molecule has 1 aliphatic rings. The molecule has 0 aliphatic carbocycles. The summed E-state index contributed by atoms with van der Waals surface area (Å²) in [5, 5.41) is 6.30.